The number of rotatable bonds is 4. The van der Waals surface area contributed by atoms with Crippen molar-refractivity contribution in [3.05, 3.63) is 158 Å². The van der Waals surface area contributed by atoms with Crippen molar-refractivity contribution in [1.29, 1.82) is 0 Å². The van der Waals surface area contributed by atoms with Crippen LogP contribution in [0, 0.1) is 0 Å². The molecule has 0 aliphatic carbocycles. The van der Waals surface area contributed by atoms with E-state index in [0.717, 1.165) is 22.4 Å². The summed E-state index contributed by atoms with van der Waals surface area (Å²) in [5.41, 5.74) is 6.35. The SMILES string of the molecule is c1cc(-c2nc(-c3cccc4sc5ccccc5c34)nc(-c3cccc4sc5ccccc5c34)n2)cc(-n2c3ccccc3c3ccccc32)c1. The Balaban J connectivity index is 1.19. The predicted octanol–water partition coefficient (Wildman–Crippen LogP) is 12.7. The maximum Gasteiger partial charge on any atom is 0.164 e. The summed E-state index contributed by atoms with van der Waals surface area (Å²) in [6.07, 6.45) is 0. The molecule has 0 aliphatic rings. The Morgan fingerprint density at radius 3 is 1.39 bits per heavy atom. The molecule has 0 radical (unpaired) electrons. The number of para-hydroxylation sites is 2. The molecule has 0 unspecified atom stereocenters. The second-order valence-electron chi connectivity index (χ2n) is 12.8. The molecule has 0 N–H and O–H groups in total. The molecular formula is C45H26N4S2. The fraction of sp³-hybridized carbons (Fsp3) is 0. The minimum Gasteiger partial charge on any atom is -0.309 e. The van der Waals surface area contributed by atoms with E-state index in [1.54, 1.807) is 22.7 Å². The van der Waals surface area contributed by atoms with Crippen molar-refractivity contribution in [2.24, 2.45) is 0 Å². The highest BCUT2D eigenvalue weighted by Gasteiger charge is 2.20. The Morgan fingerprint density at radius 2 is 0.824 bits per heavy atom. The maximum absolute atomic E-state index is 5.31. The molecule has 4 nitrogen and oxygen atoms in total. The zero-order chi connectivity index (χ0) is 33.5. The lowest BCUT2D eigenvalue weighted by atomic mass is 10.0. The van der Waals surface area contributed by atoms with E-state index in [4.69, 9.17) is 15.0 Å². The van der Waals surface area contributed by atoms with Crippen LogP contribution < -0.4 is 0 Å². The zero-order valence-electron chi connectivity index (χ0n) is 27.1. The van der Waals surface area contributed by atoms with Crippen LogP contribution in [0.5, 0.6) is 0 Å². The number of hydrogen-bond donors (Lipinski definition) is 0. The third-order valence-electron chi connectivity index (χ3n) is 9.86. The largest absolute Gasteiger partial charge is 0.309 e. The summed E-state index contributed by atoms with van der Waals surface area (Å²) < 4.78 is 7.28. The topological polar surface area (TPSA) is 43.6 Å². The third-order valence-corrected chi connectivity index (χ3v) is 12.1. The van der Waals surface area contributed by atoms with Gasteiger partial charge in [0.25, 0.3) is 0 Å². The molecule has 238 valence electrons. The molecule has 0 atom stereocenters. The Bertz CT molecular complexity index is 2980. The highest BCUT2D eigenvalue weighted by Crippen LogP contribution is 2.42. The van der Waals surface area contributed by atoms with Crippen molar-refractivity contribution in [2.75, 3.05) is 0 Å². The molecule has 0 bridgehead atoms. The molecule has 0 saturated heterocycles. The van der Waals surface area contributed by atoms with Gasteiger partial charge in [-0.3, -0.25) is 0 Å². The van der Waals surface area contributed by atoms with Gasteiger partial charge in [0.15, 0.2) is 17.5 Å². The van der Waals surface area contributed by atoms with Gasteiger partial charge in [-0.1, -0.05) is 109 Å². The van der Waals surface area contributed by atoms with E-state index in [9.17, 15) is 0 Å². The van der Waals surface area contributed by atoms with Crippen LogP contribution >= 0.6 is 22.7 Å². The molecule has 0 aliphatic heterocycles. The lowest BCUT2D eigenvalue weighted by Crippen LogP contribution is -2.01. The summed E-state index contributed by atoms with van der Waals surface area (Å²) in [5, 5.41) is 7.26. The fourth-order valence-corrected chi connectivity index (χ4v) is 9.92. The fourth-order valence-electron chi connectivity index (χ4n) is 7.65. The average Bonchev–Trinajstić information content (AvgIpc) is 3.87. The summed E-state index contributed by atoms with van der Waals surface area (Å²) >= 11 is 3.61. The van der Waals surface area contributed by atoms with Gasteiger partial charge >= 0.3 is 0 Å². The molecule has 4 aromatic heterocycles. The van der Waals surface area contributed by atoms with Gasteiger partial charge in [-0.15, -0.1) is 22.7 Å². The number of fused-ring (bicyclic) bond motifs is 9. The van der Waals surface area contributed by atoms with Crippen molar-refractivity contribution in [3.63, 3.8) is 0 Å². The first-order valence-corrected chi connectivity index (χ1v) is 18.6. The van der Waals surface area contributed by atoms with Crippen LogP contribution in [0.25, 0.3) is 102 Å². The van der Waals surface area contributed by atoms with Crippen molar-refractivity contribution in [3.8, 4) is 39.9 Å². The number of benzene rings is 7. The Hall–Kier alpha value is -6.21. The van der Waals surface area contributed by atoms with E-state index < -0.39 is 0 Å². The van der Waals surface area contributed by atoms with E-state index in [0.29, 0.717) is 17.5 Å². The van der Waals surface area contributed by atoms with Crippen LogP contribution in [0.4, 0.5) is 0 Å². The van der Waals surface area contributed by atoms with Crippen LogP contribution in [-0.4, -0.2) is 19.5 Å². The Labute approximate surface area is 300 Å². The lowest BCUT2D eigenvalue weighted by molar-refractivity contribution is 1.08. The number of nitrogens with zero attached hydrogens (tertiary/aromatic N) is 4. The summed E-state index contributed by atoms with van der Waals surface area (Å²) in [6.45, 7) is 0. The van der Waals surface area contributed by atoms with Crippen molar-refractivity contribution in [2.45, 2.75) is 0 Å². The normalized spacial score (nSPS) is 11.9. The molecular weight excluding hydrogens is 661 g/mol. The third kappa shape index (κ3) is 4.40. The van der Waals surface area contributed by atoms with Gasteiger partial charge in [0.2, 0.25) is 0 Å². The van der Waals surface area contributed by atoms with E-state index in [1.165, 1.54) is 62.2 Å². The molecule has 0 saturated carbocycles. The maximum atomic E-state index is 5.31. The highest BCUT2D eigenvalue weighted by atomic mass is 32.1. The van der Waals surface area contributed by atoms with Crippen LogP contribution in [-0.2, 0) is 0 Å². The van der Waals surface area contributed by atoms with Gasteiger partial charge in [0, 0.05) is 73.5 Å². The Kier molecular flexibility index (Phi) is 6.26. The van der Waals surface area contributed by atoms with Gasteiger partial charge in [0.1, 0.15) is 0 Å². The molecule has 6 heteroatoms. The van der Waals surface area contributed by atoms with E-state index in [-0.39, 0.29) is 0 Å². The molecule has 11 rings (SSSR count). The summed E-state index contributed by atoms with van der Waals surface area (Å²) in [6, 6.07) is 56.0. The predicted molar refractivity (Wildman–Crippen MR) is 216 cm³/mol. The van der Waals surface area contributed by atoms with Crippen molar-refractivity contribution >= 4 is 84.8 Å². The van der Waals surface area contributed by atoms with Crippen LogP contribution in [0.2, 0.25) is 0 Å². The Morgan fingerprint density at radius 1 is 0.373 bits per heavy atom. The standard InChI is InChI=1S/C45H26N4S2/c1-5-20-35-29(14-1)30-15-2-6-21-36(30)49(35)28-13-9-12-27(26-28)43-46-44(33-18-10-24-39-41(33)31-16-3-7-22-37(31)50-39)48-45(47-43)34-19-11-25-40-42(34)32-17-4-8-23-38(32)51-40/h1-26H. The van der Waals surface area contributed by atoms with Gasteiger partial charge < -0.3 is 4.57 Å². The van der Waals surface area contributed by atoms with E-state index >= 15 is 0 Å². The van der Waals surface area contributed by atoms with Crippen molar-refractivity contribution in [1.82, 2.24) is 19.5 Å². The van der Waals surface area contributed by atoms with Crippen LogP contribution in [0.3, 0.4) is 0 Å². The molecule has 0 spiro atoms. The van der Waals surface area contributed by atoms with E-state index in [2.05, 4.69) is 162 Å². The smallest absolute Gasteiger partial charge is 0.164 e. The minimum atomic E-state index is 0.644. The quantitative estimate of drug-likeness (QED) is 0.185. The first kappa shape index (κ1) is 28.6. The first-order chi connectivity index (χ1) is 25.3. The summed E-state index contributed by atoms with van der Waals surface area (Å²) in [7, 11) is 0. The second-order valence-corrected chi connectivity index (χ2v) is 14.9. The van der Waals surface area contributed by atoms with E-state index in [1.807, 2.05) is 0 Å². The van der Waals surface area contributed by atoms with Crippen LogP contribution in [0.1, 0.15) is 0 Å². The minimum absolute atomic E-state index is 0.644. The summed E-state index contributed by atoms with van der Waals surface area (Å²) in [5.74, 6) is 1.98. The molecule has 11 aromatic rings. The van der Waals surface area contributed by atoms with Gasteiger partial charge in [0.05, 0.1) is 11.0 Å². The lowest BCUT2D eigenvalue weighted by Gasteiger charge is -2.12. The van der Waals surface area contributed by atoms with Crippen LogP contribution in [0.15, 0.2) is 158 Å². The highest BCUT2D eigenvalue weighted by molar-refractivity contribution is 7.26. The molecule has 4 heterocycles. The molecule has 0 fully saturated rings. The number of hydrogen-bond acceptors (Lipinski definition) is 5. The number of aromatic nitrogens is 4. The molecule has 0 amide bonds. The first-order valence-electron chi connectivity index (χ1n) is 16.9. The monoisotopic (exact) mass is 686 g/mol. The average molecular weight is 687 g/mol. The van der Waals surface area contributed by atoms with Gasteiger partial charge in [-0.25, -0.2) is 15.0 Å². The zero-order valence-corrected chi connectivity index (χ0v) is 28.7. The van der Waals surface area contributed by atoms with Gasteiger partial charge in [-0.05, 0) is 48.5 Å². The molecule has 51 heavy (non-hydrogen) atoms. The second kappa shape index (κ2) is 11.2. The number of thiophene rings is 2. The summed E-state index contributed by atoms with van der Waals surface area (Å²) in [4.78, 5) is 15.9. The molecule has 7 aromatic carbocycles. The van der Waals surface area contributed by atoms with Crippen molar-refractivity contribution < 1.29 is 0 Å². The van der Waals surface area contributed by atoms with Gasteiger partial charge in [-0.2, -0.15) is 0 Å².